The van der Waals surface area contributed by atoms with Crippen LogP contribution in [0.2, 0.25) is 0 Å². The van der Waals surface area contributed by atoms with E-state index in [1.165, 1.54) is 11.6 Å². The topological polar surface area (TPSA) is 54.7 Å². The highest BCUT2D eigenvalue weighted by Crippen LogP contribution is 2.21. The molecule has 1 unspecified atom stereocenters. The second-order valence-electron chi connectivity index (χ2n) is 6.93. The summed E-state index contributed by atoms with van der Waals surface area (Å²) in [4.78, 5) is 6.67. The van der Waals surface area contributed by atoms with Crippen molar-refractivity contribution < 1.29 is 9.13 Å². The predicted octanol–water partition coefficient (Wildman–Crippen LogP) is 2.60. The zero-order valence-electron chi connectivity index (χ0n) is 16.3. The molecule has 1 aromatic carbocycles. The highest BCUT2D eigenvalue weighted by molar-refractivity contribution is 5.80. The first-order valence-corrected chi connectivity index (χ1v) is 9.43. The van der Waals surface area contributed by atoms with Crippen molar-refractivity contribution >= 4 is 5.96 Å². The molecule has 7 heteroatoms. The second-order valence-corrected chi connectivity index (χ2v) is 6.93. The molecule has 2 heterocycles. The Morgan fingerprint density at radius 2 is 2.26 bits per heavy atom. The van der Waals surface area contributed by atoms with Gasteiger partial charge in [0.05, 0.1) is 12.8 Å². The van der Waals surface area contributed by atoms with E-state index in [0.29, 0.717) is 24.8 Å². The van der Waals surface area contributed by atoms with Crippen LogP contribution in [0.4, 0.5) is 4.39 Å². The zero-order chi connectivity index (χ0) is 19.2. The smallest absolute Gasteiger partial charge is 0.193 e. The number of aryl methyl sites for hydroxylation is 1. The molecule has 0 amide bonds. The lowest BCUT2D eigenvalue weighted by Gasteiger charge is -2.22. The Bertz CT molecular complexity index is 788. The maximum atomic E-state index is 14.0. The number of benzene rings is 1. The Morgan fingerprint density at radius 3 is 2.93 bits per heavy atom. The molecule has 1 fully saturated rings. The summed E-state index contributed by atoms with van der Waals surface area (Å²) in [5, 5.41) is 7.59. The van der Waals surface area contributed by atoms with E-state index in [0.717, 1.165) is 37.5 Å². The first-order valence-electron chi connectivity index (χ1n) is 9.43. The monoisotopic (exact) mass is 373 g/mol. The molecule has 2 aromatic rings. The molecule has 6 nitrogen and oxygen atoms in total. The Morgan fingerprint density at radius 1 is 1.41 bits per heavy atom. The third-order valence-corrected chi connectivity index (χ3v) is 4.83. The number of nitrogens with zero attached hydrogens (tertiary/aromatic N) is 4. The fourth-order valence-corrected chi connectivity index (χ4v) is 3.54. The molecule has 146 valence electrons. The summed E-state index contributed by atoms with van der Waals surface area (Å²) >= 11 is 0. The van der Waals surface area contributed by atoms with Crippen molar-refractivity contribution in [3.05, 3.63) is 47.5 Å². The van der Waals surface area contributed by atoms with Gasteiger partial charge in [-0.05, 0) is 48.9 Å². The van der Waals surface area contributed by atoms with Crippen molar-refractivity contribution in [2.75, 3.05) is 26.7 Å². The minimum atomic E-state index is -0.330. The molecule has 1 N–H and O–H groups in total. The van der Waals surface area contributed by atoms with Crippen molar-refractivity contribution in [2.24, 2.45) is 18.0 Å². The van der Waals surface area contributed by atoms with Crippen molar-refractivity contribution in [1.82, 2.24) is 20.0 Å². The minimum absolute atomic E-state index is 0.295. The normalized spacial score (nSPS) is 17.4. The lowest BCUT2D eigenvalue weighted by Crippen LogP contribution is -2.39. The van der Waals surface area contributed by atoms with Crippen LogP contribution in [0.15, 0.2) is 35.6 Å². The molecule has 0 aliphatic carbocycles. The Balaban J connectivity index is 1.53. The van der Waals surface area contributed by atoms with Gasteiger partial charge in [-0.1, -0.05) is 6.07 Å². The van der Waals surface area contributed by atoms with Crippen LogP contribution in [0, 0.1) is 11.7 Å². The van der Waals surface area contributed by atoms with E-state index in [9.17, 15) is 4.39 Å². The van der Waals surface area contributed by atoms with Gasteiger partial charge in [0.25, 0.3) is 0 Å². The predicted molar refractivity (Wildman–Crippen MR) is 104 cm³/mol. The van der Waals surface area contributed by atoms with E-state index in [1.54, 1.807) is 13.1 Å². The van der Waals surface area contributed by atoms with E-state index >= 15 is 0 Å². The average molecular weight is 373 g/mol. The van der Waals surface area contributed by atoms with Crippen molar-refractivity contribution in [3.63, 3.8) is 0 Å². The maximum Gasteiger partial charge on any atom is 0.193 e. The fraction of sp³-hybridized carbons (Fsp3) is 0.500. The van der Waals surface area contributed by atoms with E-state index in [1.807, 2.05) is 30.9 Å². The van der Waals surface area contributed by atoms with Gasteiger partial charge in [0.1, 0.15) is 0 Å². The van der Waals surface area contributed by atoms with Crippen LogP contribution in [0.25, 0.3) is 0 Å². The summed E-state index contributed by atoms with van der Waals surface area (Å²) < 4.78 is 21.1. The van der Waals surface area contributed by atoms with Gasteiger partial charge >= 0.3 is 0 Å². The van der Waals surface area contributed by atoms with E-state index in [2.05, 4.69) is 26.5 Å². The van der Waals surface area contributed by atoms with Gasteiger partial charge in [-0.15, -0.1) is 0 Å². The highest BCUT2D eigenvalue weighted by atomic mass is 19.1. The molecule has 1 aliphatic rings. The first kappa shape index (κ1) is 19.2. The van der Waals surface area contributed by atoms with Gasteiger partial charge in [-0.25, -0.2) is 4.39 Å². The number of hydrogen-bond donors (Lipinski definition) is 1. The third kappa shape index (κ3) is 4.99. The maximum absolute atomic E-state index is 14.0. The standard InChI is InChI=1S/C20H28FN5O/c1-4-27-19-6-5-15(10-18(19)21)11-23-20(22-2)26-8-7-16(14-26)9-17-12-24-25(3)13-17/h5-6,10,12-13,16H,4,7-9,11,14H2,1-3H3,(H,22,23). The van der Waals surface area contributed by atoms with Crippen LogP contribution in [0.3, 0.4) is 0 Å². The molecule has 1 aromatic heterocycles. The van der Waals surface area contributed by atoms with Crippen molar-refractivity contribution in [2.45, 2.75) is 26.3 Å². The quantitative estimate of drug-likeness (QED) is 0.625. The van der Waals surface area contributed by atoms with Gasteiger partial charge in [0.15, 0.2) is 17.5 Å². The summed E-state index contributed by atoms with van der Waals surface area (Å²) in [6, 6.07) is 5.07. The number of aliphatic imine (C=N–C) groups is 1. The fourth-order valence-electron chi connectivity index (χ4n) is 3.54. The third-order valence-electron chi connectivity index (χ3n) is 4.83. The van der Waals surface area contributed by atoms with Gasteiger partial charge in [0.2, 0.25) is 0 Å². The average Bonchev–Trinajstić information content (AvgIpc) is 3.27. The SMILES string of the molecule is CCOc1ccc(CNC(=NC)N2CCC(Cc3cnn(C)c3)C2)cc1F. The summed E-state index contributed by atoms with van der Waals surface area (Å²) in [5.74, 6) is 1.42. The Kier molecular flexibility index (Phi) is 6.32. The summed E-state index contributed by atoms with van der Waals surface area (Å²) in [6.07, 6.45) is 6.19. The first-order chi connectivity index (χ1) is 13.1. The number of rotatable bonds is 6. The number of hydrogen-bond acceptors (Lipinski definition) is 3. The number of likely N-dealkylation sites (tertiary alicyclic amines) is 1. The van der Waals surface area contributed by atoms with E-state index < -0.39 is 0 Å². The highest BCUT2D eigenvalue weighted by Gasteiger charge is 2.25. The molecular formula is C20H28FN5O. The number of aromatic nitrogens is 2. The van der Waals surface area contributed by atoms with Gasteiger partial charge in [-0.3, -0.25) is 9.67 Å². The molecule has 0 radical (unpaired) electrons. The number of halogens is 1. The van der Waals surface area contributed by atoms with Gasteiger partial charge in [0, 0.05) is 39.9 Å². The lowest BCUT2D eigenvalue weighted by molar-refractivity contribution is 0.321. The summed E-state index contributed by atoms with van der Waals surface area (Å²) in [5.41, 5.74) is 2.14. The number of ether oxygens (including phenoxy) is 1. The van der Waals surface area contributed by atoms with E-state index in [-0.39, 0.29) is 5.82 Å². The van der Waals surface area contributed by atoms with E-state index in [4.69, 9.17) is 4.74 Å². The molecule has 1 atom stereocenters. The minimum Gasteiger partial charge on any atom is -0.491 e. The molecule has 0 saturated carbocycles. The number of guanidine groups is 1. The van der Waals surface area contributed by atoms with Crippen molar-refractivity contribution in [3.8, 4) is 5.75 Å². The Hall–Kier alpha value is -2.57. The van der Waals surface area contributed by atoms with Crippen LogP contribution in [0.5, 0.6) is 5.75 Å². The molecule has 27 heavy (non-hydrogen) atoms. The van der Waals surface area contributed by atoms with Crippen LogP contribution in [-0.2, 0) is 20.0 Å². The van der Waals surface area contributed by atoms with Crippen LogP contribution < -0.4 is 10.1 Å². The van der Waals surface area contributed by atoms with Gasteiger partial charge < -0.3 is 15.0 Å². The van der Waals surface area contributed by atoms with Crippen LogP contribution >= 0.6 is 0 Å². The van der Waals surface area contributed by atoms with Crippen LogP contribution in [-0.4, -0.2) is 47.4 Å². The van der Waals surface area contributed by atoms with Crippen LogP contribution in [0.1, 0.15) is 24.5 Å². The lowest BCUT2D eigenvalue weighted by atomic mass is 10.0. The molecule has 3 rings (SSSR count). The number of nitrogens with one attached hydrogen (secondary N) is 1. The largest absolute Gasteiger partial charge is 0.491 e. The van der Waals surface area contributed by atoms with Gasteiger partial charge in [-0.2, -0.15) is 5.10 Å². The molecule has 0 bridgehead atoms. The molecule has 1 aliphatic heterocycles. The molecule has 0 spiro atoms. The second kappa shape index (κ2) is 8.88. The van der Waals surface area contributed by atoms with Crippen molar-refractivity contribution in [1.29, 1.82) is 0 Å². The Labute approximate surface area is 160 Å². The summed E-state index contributed by atoms with van der Waals surface area (Å²) in [6.45, 7) is 4.76. The summed E-state index contributed by atoms with van der Waals surface area (Å²) in [7, 11) is 3.73. The zero-order valence-corrected chi connectivity index (χ0v) is 16.3. The molecule has 1 saturated heterocycles. The molecular weight excluding hydrogens is 345 g/mol.